The summed E-state index contributed by atoms with van der Waals surface area (Å²) in [7, 11) is 0. The molecule has 0 bridgehead atoms. The number of urea groups is 1. The van der Waals surface area contributed by atoms with Crippen LogP contribution in [-0.2, 0) is 4.74 Å². The van der Waals surface area contributed by atoms with Gasteiger partial charge >= 0.3 is 6.03 Å². The van der Waals surface area contributed by atoms with E-state index in [1.54, 1.807) is 0 Å². The molecule has 20 heavy (non-hydrogen) atoms. The molecule has 1 aliphatic heterocycles. The first kappa shape index (κ1) is 15.6. The van der Waals surface area contributed by atoms with Gasteiger partial charge in [0, 0.05) is 25.7 Å². The van der Waals surface area contributed by atoms with Crippen molar-refractivity contribution in [2.45, 2.75) is 64.2 Å². The standard InChI is InChI=1S/C15H28N2O3/c1-11(2)10-20-14-7-8-17(9-14)15(19)16-12-3-5-13(18)6-4-12/h11-14,18H,3-10H2,1-2H3,(H,16,19). The Hall–Kier alpha value is -0.810. The van der Waals surface area contributed by atoms with Crippen molar-refractivity contribution in [3.63, 3.8) is 0 Å². The van der Waals surface area contributed by atoms with Gasteiger partial charge in [-0.15, -0.1) is 0 Å². The van der Waals surface area contributed by atoms with Crippen molar-refractivity contribution >= 4 is 6.03 Å². The molecule has 2 amide bonds. The van der Waals surface area contributed by atoms with Crippen molar-refractivity contribution in [1.29, 1.82) is 0 Å². The summed E-state index contributed by atoms with van der Waals surface area (Å²) < 4.78 is 5.79. The zero-order valence-corrected chi connectivity index (χ0v) is 12.7. The first-order valence-corrected chi connectivity index (χ1v) is 7.89. The number of hydrogen-bond donors (Lipinski definition) is 2. The Morgan fingerprint density at radius 3 is 2.65 bits per heavy atom. The van der Waals surface area contributed by atoms with Gasteiger partial charge in [-0.2, -0.15) is 0 Å². The Morgan fingerprint density at radius 2 is 2.00 bits per heavy atom. The van der Waals surface area contributed by atoms with Gasteiger partial charge < -0.3 is 20.1 Å². The van der Waals surface area contributed by atoms with Gasteiger partial charge in [0.1, 0.15) is 0 Å². The Labute approximate surface area is 121 Å². The van der Waals surface area contributed by atoms with Crippen molar-refractivity contribution in [1.82, 2.24) is 10.2 Å². The number of ether oxygens (including phenoxy) is 1. The molecule has 1 saturated carbocycles. The second-order valence-electron chi connectivity index (χ2n) is 6.54. The highest BCUT2D eigenvalue weighted by Crippen LogP contribution is 2.19. The molecule has 5 nitrogen and oxygen atoms in total. The second kappa shape index (κ2) is 7.27. The molecule has 1 heterocycles. The summed E-state index contributed by atoms with van der Waals surface area (Å²) in [4.78, 5) is 14.0. The first-order valence-electron chi connectivity index (χ1n) is 7.89. The summed E-state index contributed by atoms with van der Waals surface area (Å²) >= 11 is 0. The lowest BCUT2D eigenvalue weighted by atomic mass is 9.93. The first-order chi connectivity index (χ1) is 9.54. The predicted molar refractivity (Wildman–Crippen MR) is 77.6 cm³/mol. The average molecular weight is 284 g/mol. The molecule has 1 aliphatic carbocycles. The number of amides is 2. The van der Waals surface area contributed by atoms with E-state index in [1.165, 1.54) is 0 Å². The van der Waals surface area contributed by atoms with Gasteiger partial charge in [-0.05, 0) is 38.0 Å². The highest BCUT2D eigenvalue weighted by atomic mass is 16.5. The Balaban J connectivity index is 1.68. The van der Waals surface area contributed by atoms with Crippen LogP contribution in [0.3, 0.4) is 0 Å². The highest BCUT2D eigenvalue weighted by Gasteiger charge is 2.29. The monoisotopic (exact) mass is 284 g/mol. The smallest absolute Gasteiger partial charge is 0.317 e. The van der Waals surface area contributed by atoms with Crippen LogP contribution >= 0.6 is 0 Å². The second-order valence-corrected chi connectivity index (χ2v) is 6.54. The Bertz CT molecular complexity index is 314. The molecule has 116 valence electrons. The van der Waals surface area contributed by atoms with Crippen molar-refractivity contribution in [2.24, 2.45) is 5.92 Å². The number of hydrogen-bond acceptors (Lipinski definition) is 3. The van der Waals surface area contributed by atoms with Crippen LogP contribution in [0.5, 0.6) is 0 Å². The molecule has 0 aromatic rings. The van der Waals surface area contributed by atoms with E-state index in [9.17, 15) is 9.90 Å². The quantitative estimate of drug-likeness (QED) is 0.826. The number of nitrogens with one attached hydrogen (secondary N) is 1. The normalized spacial score (nSPS) is 30.8. The number of carbonyl (C=O) groups excluding carboxylic acids is 1. The lowest BCUT2D eigenvalue weighted by molar-refractivity contribution is 0.0434. The molecule has 1 saturated heterocycles. The van der Waals surface area contributed by atoms with E-state index in [0.29, 0.717) is 12.5 Å². The lowest BCUT2D eigenvalue weighted by Gasteiger charge is -2.28. The van der Waals surface area contributed by atoms with E-state index in [0.717, 1.165) is 45.3 Å². The Kier molecular flexibility index (Phi) is 5.66. The summed E-state index contributed by atoms with van der Waals surface area (Å²) in [6, 6.07) is 0.253. The maximum Gasteiger partial charge on any atom is 0.317 e. The number of aliphatic hydroxyl groups is 1. The van der Waals surface area contributed by atoms with Gasteiger partial charge in [0.2, 0.25) is 0 Å². The van der Waals surface area contributed by atoms with E-state index < -0.39 is 0 Å². The molecule has 0 radical (unpaired) electrons. The summed E-state index contributed by atoms with van der Waals surface area (Å²) in [6.07, 6.45) is 4.31. The number of carbonyl (C=O) groups is 1. The minimum Gasteiger partial charge on any atom is -0.393 e. The fourth-order valence-corrected chi connectivity index (χ4v) is 2.86. The molecule has 0 aromatic carbocycles. The molecule has 2 aliphatic rings. The van der Waals surface area contributed by atoms with Crippen LogP contribution in [0.4, 0.5) is 4.79 Å². The van der Waals surface area contributed by atoms with Gasteiger partial charge in [0.05, 0.1) is 12.2 Å². The van der Waals surface area contributed by atoms with Gasteiger partial charge in [0.15, 0.2) is 0 Å². The van der Waals surface area contributed by atoms with E-state index in [1.807, 2.05) is 4.90 Å². The third-order valence-electron chi connectivity index (χ3n) is 4.12. The van der Waals surface area contributed by atoms with E-state index in [4.69, 9.17) is 4.74 Å². The van der Waals surface area contributed by atoms with Crippen LogP contribution in [0.25, 0.3) is 0 Å². The number of nitrogens with zero attached hydrogens (tertiary/aromatic N) is 1. The number of rotatable bonds is 4. The third kappa shape index (κ3) is 4.63. The van der Waals surface area contributed by atoms with Crippen LogP contribution in [0.15, 0.2) is 0 Å². The average Bonchev–Trinajstić information content (AvgIpc) is 2.88. The maximum absolute atomic E-state index is 12.2. The van der Waals surface area contributed by atoms with Crippen molar-refractivity contribution in [3.8, 4) is 0 Å². The Morgan fingerprint density at radius 1 is 1.30 bits per heavy atom. The molecule has 5 heteroatoms. The fraction of sp³-hybridized carbons (Fsp3) is 0.933. The number of likely N-dealkylation sites (tertiary alicyclic amines) is 1. The van der Waals surface area contributed by atoms with E-state index >= 15 is 0 Å². The SMILES string of the molecule is CC(C)COC1CCN(C(=O)NC2CCC(O)CC2)C1. The molecule has 2 N–H and O–H groups in total. The van der Waals surface area contributed by atoms with Gasteiger partial charge in [-0.3, -0.25) is 0 Å². The third-order valence-corrected chi connectivity index (χ3v) is 4.12. The van der Waals surface area contributed by atoms with Gasteiger partial charge in [-0.1, -0.05) is 13.8 Å². The molecular weight excluding hydrogens is 256 g/mol. The minimum absolute atomic E-state index is 0.0297. The molecule has 1 atom stereocenters. The highest BCUT2D eigenvalue weighted by molar-refractivity contribution is 5.74. The predicted octanol–water partition coefficient (Wildman–Crippen LogP) is 1.75. The topological polar surface area (TPSA) is 61.8 Å². The van der Waals surface area contributed by atoms with E-state index in [2.05, 4.69) is 19.2 Å². The zero-order valence-electron chi connectivity index (χ0n) is 12.7. The van der Waals surface area contributed by atoms with Crippen LogP contribution < -0.4 is 5.32 Å². The van der Waals surface area contributed by atoms with Gasteiger partial charge in [-0.25, -0.2) is 4.79 Å². The molecular formula is C15H28N2O3. The summed E-state index contributed by atoms with van der Waals surface area (Å²) in [5.74, 6) is 0.534. The van der Waals surface area contributed by atoms with E-state index in [-0.39, 0.29) is 24.3 Å². The molecule has 1 unspecified atom stereocenters. The lowest BCUT2D eigenvalue weighted by Crippen LogP contribution is -2.45. The number of aliphatic hydroxyl groups excluding tert-OH is 1. The van der Waals surface area contributed by atoms with Crippen molar-refractivity contribution < 1.29 is 14.6 Å². The summed E-state index contributed by atoms with van der Waals surface area (Å²) in [6.45, 7) is 6.52. The molecule has 2 fully saturated rings. The summed E-state index contributed by atoms with van der Waals surface area (Å²) in [5, 5.41) is 12.6. The fourth-order valence-electron chi connectivity index (χ4n) is 2.86. The largest absolute Gasteiger partial charge is 0.393 e. The van der Waals surface area contributed by atoms with Crippen LogP contribution in [0.2, 0.25) is 0 Å². The van der Waals surface area contributed by atoms with Crippen LogP contribution in [-0.4, -0.2) is 54.0 Å². The minimum atomic E-state index is -0.177. The summed E-state index contributed by atoms with van der Waals surface area (Å²) in [5.41, 5.74) is 0. The molecule has 0 spiro atoms. The van der Waals surface area contributed by atoms with Crippen LogP contribution in [0.1, 0.15) is 46.0 Å². The zero-order chi connectivity index (χ0) is 14.5. The van der Waals surface area contributed by atoms with Crippen molar-refractivity contribution in [3.05, 3.63) is 0 Å². The molecule has 2 rings (SSSR count). The van der Waals surface area contributed by atoms with Crippen molar-refractivity contribution in [2.75, 3.05) is 19.7 Å². The maximum atomic E-state index is 12.2. The van der Waals surface area contributed by atoms with Gasteiger partial charge in [0.25, 0.3) is 0 Å². The van der Waals surface area contributed by atoms with Crippen LogP contribution in [0, 0.1) is 5.92 Å². The molecule has 0 aromatic heterocycles.